The van der Waals surface area contributed by atoms with E-state index >= 15 is 0 Å². The van der Waals surface area contributed by atoms with Gasteiger partial charge in [-0.3, -0.25) is 9.59 Å². The van der Waals surface area contributed by atoms with Crippen molar-refractivity contribution in [3.63, 3.8) is 0 Å². The highest BCUT2D eigenvalue weighted by Gasteiger charge is 2.35. The van der Waals surface area contributed by atoms with Gasteiger partial charge in [-0.2, -0.15) is 0 Å². The van der Waals surface area contributed by atoms with Gasteiger partial charge in [0.1, 0.15) is 12.4 Å². The van der Waals surface area contributed by atoms with Gasteiger partial charge in [0.25, 0.3) is 5.91 Å². The molecular formula is C26H40N4O5. The first-order valence-corrected chi connectivity index (χ1v) is 12.7. The van der Waals surface area contributed by atoms with Crippen molar-refractivity contribution in [1.82, 2.24) is 15.1 Å². The smallest absolute Gasteiger partial charge is 0.319 e. The maximum Gasteiger partial charge on any atom is 0.319 e. The van der Waals surface area contributed by atoms with Gasteiger partial charge >= 0.3 is 6.03 Å². The van der Waals surface area contributed by atoms with Crippen molar-refractivity contribution in [2.24, 2.45) is 11.8 Å². The minimum absolute atomic E-state index is 0.0360. The molecule has 0 spiro atoms. The lowest BCUT2D eigenvalue weighted by Crippen LogP contribution is -2.51. The number of anilines is 1. The number of hydrogen-bond acceptors (Lipinski definition) is 5. The van der Waals surface area contributed by atoms with E-state index in [1.807, 2.05) is 18.7 Å². The number of urea groups is 1. The molecule has 1 aliphatic heterocycles. The molecule has 0 aromatic heterocycles. The molecule has 1 aromatic rings. The Labute approximate surface area is 208 Å². The number of nitrogens with one attached hydrogen (secondary N) is 2. The summed E-state index contributed by atoms with van der Waals surface area (Å²) in [5.41, 5.74) is 0.928. The molecule has 2 N–H and O–H groups in total. The van der Waals surface area contributed by atoms with E-state index in [0.29, 0.717) is 36.6 Å². The van der Waals surface area contributed by atoms with Gasteiger partial charge in [0.2, 0.25) is 5.91 Å². The van der Waals surface area contributed by atoms with Crippen LogP contribution in [0.4, 0.5) is 10.5 Å². The lowest BCUT2D eigenvalue weighted by atomic mass is 9.83. The van der Waals surface area contributed by atoms with Crippen molar-refractivity contribution >= 4 is 23.5 Å². The molecule has 0 radical (unpaired) electrons. The van der Waals surface area contributed by atoms with Crippen molar-refractivity contribution in [1.29, 1.82) is 0 Å². The number of nitrogens with zero attached hydrogens (tertiary/aromatic N) is 2. The van der Waals surface area contributed by atoms with Gasteiger partial charge in [0, 0.05) is 57.4 Å². The number of methoxy groups -OCH3 is 1. The molecule has 0 bridgehead atoms. The molecule has 194 valence electrons. The number of carbonyl (C=O) groups excluding carboxylic acids is 3. The van der Waals surface area contributed by atoms with E-state index in [1.165, 1.54) is 0 Å². The van der Waals surface area contributed by atoms with E-state index < -0.39 is 0 Å². The molecule has 35 heavy (non-hydrogen) atoms. The molecular weight excluding hydrogens is 448 g/mol. The summed E-state index contributed by atoms with van der Waals surface area (Å²) in [6.07, 6.45) is 3.56. The van der Waals surface area contributed by atoms with E-state index in [-0.39, 0.29) is 48.4 Å². The third-order valence-corrected chi connectivity index (χ3v) is 6.98. The van der Waals surface area contributed by atoms with Crippen LogP contribution in [0.3, 0.4) is 0 Å². The minimum Gasteiger partial charge on any atom is -0.491 e. The lowest BCUT2D eigenvalue weighted by Gasteiger charge is -2.39. The Balaban J connectivity index is 1.90. The van der Waals surface area contributed by atoms with E-state index in [4.69, 9.17) is 9.47 Å². The van der Waals surface area contributed by atoms with Crippen molar-refractivity contribution in [2.75, 3.05) is 45.7 Å². The van der Waals surface area contributed by atoms with Crippen LogP contribution in [-0.2, 0) is 9.53 Å². The second-order valence-electron chi connectivity index (χ2n) is 9.81. The predicted octanol–water partition coefficient (Wildman–Crippen LogP) is 3.35. The van der Waals surface area contributed by atoms with Gasteiger partial charge in [-0.15, -0.1) is 0 Å². The number of fused-ring (bicyclic) bond motifs is 1. The lowest BCUT2D eigenvalue weighted by molar-refractivity contribution is -0.142. The Bertz CT molecular complexity index is 904. The van der Waals surface area contributed by atoms with E-state index in [9.17, 15) is 14.4 Å². The number of benzene rings is 1. The Kier molecular flexibility index (Phi) is 9.37. The minimum atomic E-state index is -0.314. The average Bonchev–Trinajstić information content (AvgIpc) is 2.80. The topological polar surface area (TPSA) is 100 Å². The first-order valence-electron chi connectivity index (χ1n) is 12.7. The first kappa shape index (κ1) is 26.8. The van der Waals surface area contributed by atoms with Crippen LogP contribution in [0.25, 0.3) is 0 Å². The summed E-state index contributed by atoms with van der Waals surface area (Å²) < 4.78 is 11.9. The fourth-order valence-corrected chi connectivity index (χ4v) is 4.46. The van der Waals surface area contributed by atoms with Crippen LogP contribution in [0.5, 0.6) is 5.75 Å². The summed E-state index contributed by atoms with van der Waals surface area (Å²) >= 11 is 0. The number of hydrogen-bond donors (Lipinski definition) is 2. The van der Waals surface area contributed by atoms with Gasteiger partial charge < -0.3 is 29.9 Å². The van der Waals surface area contributed by atoms with Crippen LogP contribution in [-0.4, -0.2) is 80.2 Å². The summed E-state index contributed by atoms with van der Waals surface area (Å²) in [5, 5.41) is 5.56. The summed E-state index contributed by atoms with van der Waals surface area (Å²) in [7, 11) is 3.38. The second-order valence-corrected chi connectivity index (χ2v) is 9.81. The predicted molar refractivity (Wildman–Crippen MR) is 135 cm³/mol. The second kappa shape index (κ2) is 12.2. The molecule has 1 aromatic carbocycles. The van der Waals surface area contributed by atoms with Crippen LogP contribution in [0.2, 0.25) is 0 Å². The molecule has 9 heteroatoms. The largest absolute Gasteiger partial charge is 0.491 e. The normalized spacial score (nSPS) is 23.8. The quantitative estimate of drug-likeness (QED) is 0.662. The van der Waals surface area contributed by atoms with Gasteiger partial charge in [0.05, 0.1) is 17.7 Å². The monoisotopic (exact) mass is 488 g/mol. The van der Waals surface area contributed by atoms with Crippen LogP contribution >= 0.6 is 0 Å². The molecule has 2 aliphatic rings. The molecule has 0 saturated heterocycles. The Morgan fingerprint density at radius 3 is 2.57 bits per heavy atom. The Morgan fingerprint density at radius 1 is 1.20 bits per heavy atom. The number of ether oxygens (including phenoxy) is 2. The molecule has 3 rings (SSSR count). The molecule has 3 atom stereocenters. The fourth-order valence-electron chi connectivity index (χ4n) is 4.46. The highest BCUT2D eigenvalue weighted by molar-refractivity contribution is 5.98. The number of likely N-dealkylation sites (N-methyl/N-ethyl adjacent to an activating group) is 1. The average molecular weight is 489 g/mol. The van der Waals surface area contributed by atoms with Gasteiger partial charge in [0.15, 0.2) is 0 Å². The van der Waals surface area contributed by atoms with Crippen LogP contribution in [0.1, 0.15) is 56.8 Å². The highest BCUT2D eigenvalue weighted by atomic mass is 16.5. The van der Waals surface area contributed by atoms with Crippen molar-refractivity contribution in [3.8, 4) is 5.75 Å². The number of carbonyl (C=O) groups is 3. The standard InChI is InChI=1S/C26H40N4O5/c1-6-12-27-26(33)28-20-10-11-21-22(13-20)35-16-18(3)30(24(31)19-8-7-9-19)14-17(2)23(34-5)15-29(4)25(21)32/h10-11,13,17-19,23H,6-9,12,14-16H2,1-5H3,(H2,27,28,33)/t17-,18-,23+/m0/s1. The molecule has 1 aliphatic carbocycles. The Morgan fingerprint density at radius 2 is 1.94 bits per heavy atom. The van der Waals surface area contributed by atoms with Crippen LogP contribution < -0.4 is 15.4 Å². The summed E-state index contributed by atoms with van der Waals surface area (Å²) in [6, 6.07) is 4.53. The number of amides is 4. The highest BCUT2D eigenvalue weighted by Crippen LogP contribution is 2.31. The van der Waals surface area contributed by atoms with E-state index in [0.717, 1.165) is 25.7 Å². The maximum atomic E-state index is 13.3. The maximum absolute atomic E-state index is 13.3. The number of rotatable bonds is 5. The third-order valence-electron chi connectivity index (χ3n) is 6.98. The fraction of sp³-hybridized carbons (Fsp3) is 0.654. The first-order chi connectivity index (χ1) is 16.7. The van der Waals surface area contributed by atoms with Crippen LogP contribution in [0, 0.1) is 11.8 Å². The molecule has 1 fully saturated rings. The van der Waals surface area contributed by atoms with Crippen LogP contribution in [0.15, 0.2) is 18.2 Å². The molecule has 1 saturated carbocycles. The summed E-state index contributed by atoms with van der Waals surface area (Å²) in [5.74, 6) is 0.465. The summed E-state index contributed by atoms with van der Waals surface area (Å²) in [4.78, 5) is 42.3. The van der Waals surface area contributed by atoms with Crippen molar-refractivity contribution in [2.45, 2.75) is 58.6 Å². The molecule has 9 nitrogen and oxygen atoms in total. The zero-order valence-electron chi connectivity index (χ0n) is 21.6. The zero-order chi connectivity index (χ0) is 25.5. The van der Waals surface area contributed by atoms with E-state index in [2.05, 4.69) is 17.6 Å². The summed E-state index contributed by atoms with van der Waals surface area (Å²) in [6.45, 7) is 7.73. The molecule has 0 unspecified atom stereocenters. The van der Waals surface area contributed by atoms with Gasteiger partial charge in [-0.05, 0) is 38.3 Å². The SMILES string of the molecule is CCCNC(=O)Nc1ccc2c(c1)OC[C@H](C)N(C(=O)C1CCC1)C[C@H](C)[C@H](OC)CN(C)C2=O. The van der Waals surface area contributed by atoms with Crippen molar-refractivity contribution < 1.29 is 23.9 Å². The Hall–Kier alpha value is -2.81. The third kappa shape index (κ3) is 6.66. The van der Waals surface area contributed by atoms with Gasteiger partial charge in [-0.1, -0.05) is 20.3 Å². The van der Waals surface area contributed by atoms with E-state index in [1.54, 1.807) is 37.3 Å². The zero-order valence-corrected chi connectivity index (χ0v) is 21.6. The molecule has 4 amide bonds. The molecule has 1 heterocycles. The van der Waals surface area contributed by atoms with Gasteiger partial charge in [-0.25, -0.2) is 4.79 Å². The van der Waals surface area contributed by atoms with Crippen molar-refractivity contribution in [3.05, 3.63) is 23.8 Å².